The van der Waals surface area contributed by atoms with Gasteiger partial charge in [0.1, 0.15) is 29.3 Å². The lowest BCUT2D eigenvalue weighted by Crippen LogP contribution is -2.45. The monoisotopic (exact) mass is 748 g/mol. The molecule has 2 amide bonds. The highest BCUT2D eigenvalue weighted by Crippen LogP contribution is 2.36. The molecule has 5 aromatic rings. The molecule has 3 aliphatic heterocycles. The molecule has 2 fully saturated rings. The van der Waals surface area contributed by atoms with Crippen molar-refractivity contribution in [3.05, 3.63) is 126 Å². The average Bonchev–Trinajstić information content (AvgIpc) is 4.06. The third-order valence-electron chi connectivity index (χ3n) is 11.2. The molecule has 2 saturated heterocycles. The van der Waals surface area contributed by atoms with Crippen LogP contribution in [0.2, 0.25) is 0 Å². The number of H-pyrrole nitrogens is 1. The number of rotatable bonds is 11. The van der Waals surface area contributed by atoms with E-state index in [1.165, 1.54) is 0 Å². The lowest BCUT2D eigenvalue weighted by molar-refractivity contribution is -0.137. The topological polar surface area (TPSA) is 127 Å². The van der Waals surface area contributed by atoms with Crippen molar-refractivity contribution in [1.82, 2.24) is 44.5 Å². The highest BCUT2D eigenvalue weighted by molar-refractivity contribution is 6.03. The number of carbonyl (C=O) groups excluding carboxylic acids is 2. The van der Waals surface area contributed by atoms with E-state index in [0.29, 0.717) is 24.4 Å². The van der Waals surface area contributed by atoms with E-state index in [1.807, 2.05) is 133 Å². The van der Waals surface area contributed by atoms with Crippen LogP contribution in [0.15, 0.2) is 109 Å². The average molecular weight is 749 g/mol. The van der Waals surface area contributed by atoms with Crippen molar-refractivity contribution in [2.45, 2.75) is 56.3 Å². The number of nitrogens with zero attached hydrogens (tertiary/aromatic N) is 9. The highest BCUT2D eigenvalue weighted by atomic mass is 16.2. The summed E-state index contributed by atoms with van der Waals surface area (Å²) in [7, 11) is 7.81. The van der Waals surface area contributed by atoms with Crippen LogP contribution in [-0.2, 0) is 9.59 Å². The first-order valence-electron chi connectivity index (χ1n) is 19.4. The first kappa shape index (κ1) is 37.1. The summed E-state index contributed by atoms with van der Waals surface area (Å²) in [5.74, 6) is 0.951. The molecule has 2 aromatic carbocycles. The first-order chi connectivity index (χ1) is 27.3. The molecule has 1 N–H and O–H groups in total. The number of amides is 2. The van der Waals surface area contributed by atoms with Crippen molar-refractivity contribution in [2.24, 2.45) is 4.99 Å². The van der Waals surface area contributed by atoms with E-state index in [-0.39, 0.29) is 36.0 Å². The van der Waals surface area contributed by atoms with E-state index in [0.717, 1.165) is 77.4 Å². The van der Waals surface area contributed by atoms with Gasteiger partial charge in [-0.25, -0.2) is 4.98 Å². The number of allylic oxidation sites excluding steroid dienone is 1. The molecule has 0 spiro atoms. The summed E-state index contributed by atoms with van der Waals surface area (Å²) < 4.78 is 0. The minimum absolute atomic E-state index is 0.0101. The van der Waals surface area contributed by atoms with Crippen molar-refractivity contribution < 1.29 is 9.59 Å². The van der Waals surface area contributed by atoms with Crippen LogP contribution >= 0.6 is 0 Å². The molecule has 12 nitrogen and oxygen atoms in total. The Kier molecular flexibility index (Phi) is 10.7. The Morgan fingerprint density at radius 2 is 1.23 bits per heavy atom. The Morgan fingerprint density at radius 1 is 0.661 bits per heavy atom. The van der Waals surface area contributed by atoms with Gasteiger partial charge in [-0.05, 0) is 82.2 Å². The zero-order chi connectivity index (χ0) is 38.8. The predicted molar refractivity (Wildman–Crippen MR) is 217 cm³/mol. The molecule has 0 aliphatic carbocycles. The molecular weight excluding hydrogens is 701 g/mol. The van der Waals surface area contributed by atoms with E-state index in [2.05, 4.69) is 4.98 Å². The van der Waals surface area contributed by atoms with Gasteiger partial charge in [0.2, 0.25) is 11.8 Å². The number of benzene rings is 2. The maximum Gasteiger partial charge on any atom is 0.245 e. The number of carbonyl (C=O) groups is 2. The smallest absolute Gasteiger partial charge is 0.245 e. The maximum absolute atomic E-state index is 13.9. The number of pyridine rings is 1. The number of likely N-dealkylation sites (tertiary alicyclic amines) is 2. The van der Waals surface area contributed by atoms with Crippen LogP contribution in [0.1, 0.15) is 72.7 Å². The molecular formula is C44H48N10O2. The van der Waals surface area contributed by atoms with Gasteiger partial charge in [0.05, 0.1) is 42.1 Å². The Bertz CT molecular complexity index is 2220. The van der Waals surface area contributed by atoms with Crippen molar-refractivity contribution >= 4 is 23.1 Å². The van der Waals surface area contributed by atoms with E-state index in [4.69, 9.17) is 24.9 Å². The Balaban J connectivity index is 0.901. The summed E-state index contributed by atoms with van der Waals surface area (Å²) in [4.78, 5) is 62.9. The Hall–Kier alpha value is -5.85. The molecule has 8 rings (SSSR count). The van der Waals surface area contributed by atoms with Gasteiger partial charge < -0.3 is 14.8 Å². The summed E-state index contributed by atoms with van der Waals surface area (Å²) >= 11 is 0. The van der Waals surface area contributed by atoms with Crippen LogP contribution < -0.4 is 0 Å². The fraction of sp³-hybridized carbons (Fsp3) is 0.341. The summed E-state index contributed by atoms with van der Waals surface area (Å²) in [6, 6.07) is 23.1. The highest BCUT2D eigenvalue weighted by Gasteiger charge is 2.39. The molecule has 0 radical (unpaired) electrons. The van der Waals surface area contributed by atoms with Crippen LogP contribution in [-0.4, -0.2) is 109 Å². The van der Waals surface area contributed by atoms with Gasteiger partial charge in [-0.1, -0.05) is 66.7 Å². The van der Waals surface area contributed by atoms with Gasteiger partial charge in [0.15, 0.2) is 0 Å². The van der Waals surface area contributed by atoms with E-state index >= 15 is 0 Å². The number of aromatic nitrogens is 5. The van der Waals surface area contributed by atoms with Crippen molar-refractivity contribution in [1.29, 1.82) is 0 Å². The number of aromatic amines is 1. The molecule has 4 atom stereocenters. The minimum atomic E-state index is -0.366. The summed E-state index contributed by atoms with van der Waals surface area (Å²) in [5.41, 5.74) is 7.87. The summed E-state index contributed by atoms with van der Waals surface area (Å²) in [6.45, 7) is 1.43. The number of nitrogens with one attached hydrogen (secondary N) is 1. The zero-order valence-electron chi connectivity index (χ0n) is 32.4. The Labute approximate surface area is 328 Å². The van der Waals surface area contributed by atoms with Crippen molar-refractivity contribution in [3.63, 3.8) is 0 Å². The van der Waals surface area contributed by atoms with E-state index in [9.17, 15) is 9.59 Å². The predicted octanol–water partition coefficient (Wildman–Crippen LogP) is 6.37. The molecule has 12 heteroatoms. The normalized spacial score (nSPS) is 19.4. The second-order valence-electron chi connectivity index (χ2n) is 15.3. The van der Waals surface area contributed by atoms with Crippen molar-refractivity contribution in [2.75, 3.05) is 41.3 Å². The molecule has 0 saturated carbocycles. The summed E-state index contributed by atoms with van der Waals surface area (Å²) in [5, 5.41) is 0. The quantitative estimate of drug-likeness (QED) is 0.165. The minimum Gasteiger partial charge on any atom is -0.339 e. The van der Waals surface area contributed by atoms with E-state index in [1.54, 1.807) is 18.6 Å². The number of hydrogen-bond acceptors (Lipinski definition) is 9. The standard InChI is InChI=1S/C44H48N10O2/c1-51(2)40(29-13-7-5-8-14-29)43(55)53-21-11-17-38(53)34-23-32(25-46-34)31-19-20-33(45-24-31)35-26-48-36(27-47-35)37-28-49-42(50-37)39-18-12-22-54(39)44(56)41(52(3)4)30-15-9-6-10-16-30/h5-10,13-16,19-20,24-28,38-41H,11-12,17-18,21-23H2,1-4H3,(H,49,50)/t38-,39-,40+,41+/m0/s1. The van der Waals surface area contributed by atoms with Gasteiger partial charge >= 0.3 is 0 Å². The fourth-order valence-electron chi connectivity index (χ4n) is 8.40. The lowest BCUT2D eigenvalue weighted by atomic mass is 9.98. The van der Waals surface area contributed by atoms with Gasteiger partial charge in [0, 0.05) is 37.6 Å². The van der Waals surface area contributed by atoms with Crippen LogP contribution in [0, 0.1) is 0 Å². The number of hydrogen-bond donors (Lipinski definition) is 1. The molecule has 0 unspecified atom stereocenters. The molecule has 3 aromatic heterocycles. The molecule has 3 aliphatic rings. The van der Waals surface area contributed by atoms with Crippen LogP contribution in [0.3, 0.4) is 0 Å². The Morgan fingerprint density at radius 3 is 1.80 bits per heavy atom. The van der Waals surface area contributed by atoms with Gasteiger partial charge in [-0.3, -0.25) is 39.3 Å². The number of imidazole rings is 1. The zero-order valence-corrected chi connectivity index (χ0v) is 32.4. The van der Waals surface area contributed by atoms with Crippen molar-refractivity contribution in [3.8, 4) is 22.8 Å². The van der Waals surface area contributed by atoms with Crippen LogP contribution in [0.25, 0.3) is 28.3 Å². The van der Waals surface area contributed by atoms with Gasteiger partial charge in [0.25, 0.3) is 0 Å². The van der Waals surface area contributed by atoms with Gasteiger partial charge in [-0.15, -0.1) is 0 Å². The maximum atomic E-state index is 13.9. The lowest BCUT2D eigenvalue weighted by Gasteiger charge is -2.32. The number of aliphatic imine (C=N–C) groups is 1. The van der Waals surface area contributed by atoms with Crippen LogP contribution in [0.5, 0.6) is 0 Å². The molecule has 0 bridgehead atoms. The SMILES string of the molecule is CN(C)[C@@H](C(=O)N1CCC[C@H]1C1=NC=C(c2ccc(-c3cnc(-c4cnc([C@@H]5CCCN5C(=O)[C@@H](c5ccccc5)N(C)C)[nH]4)cn3)nc2)C1)c1ccccc1. The largest absolute Gasteiger partial charge is 0.339 e. The third kappa shape index (κ3) is 7.42. The molecule has 286 valence electrons. The van der Waals surface area contributed by atoms with Crippen LogP contribution in [0.4, 0.5) is 0 Å². The van der Waals surface area contributed by atoms with E-state index < -0.39 is 0 Å². The number of likely N-dealkylation sites (N-methyl/N-ethyl adjacent to an activating group) is 2. The summed E-state index contributed by atoms with van der Waals surface area (Å²) in [6.07, 6.45) is 13.3. The molecule has 56 heavy (non-hydrogen) atoms. The molecule has 6 heterocycles. The third-order valence-corrected chi connectivity index (χ3v) is 11.2. The van der Waals surface area contributed by atoms with Gasteiger partial charge in [-0.2, -0.15) is 0 Å². The first-order valence-corrected chi connectivity index (χ1v) is 19.4. The second kappa shape index (κ2) is 16.1. The second-order valence-corrected chi connectivity index (χ2v) is 15.3. The fourth-order valence-corrected chi connectivity index (χ4v) is 8.40.